The third-order valence-electron chi connectivity index (χ3n) is 10.8. The van der Waals surface area contributed by atoms with Crippen molar-refractivity contribution in [2.24, 2.45) is 0 Å². The first-order valence-electron chi connectivity index (χ1n) is 18.7. The Morgan fingerprint density at radius 2 is 0.852 bits per heavy atom. The Labute approximate surface area is 318 Å². The summed E-state index contributed by atoms with van der Waals surface area (Å²) >= 11 is 0. The molecule has 0 atom stereocenters. The quantitative estimate of drug-likeness (QED) is 0.169. The van der Waals surface area contributed by atoms with Gasteiger partial charge in [-0.2, -0.15) is 0 Å². The Kier molecular flexibility index (Phi) is 8.58. The van der Waals surface area contributed by atoms with Crippen LogP contribution in [0, 0.1) is 6.92 Å². The van der Waals surface area contributed by atoms with Crippen LogP contribution in [-0.4, -0.2) is 0 Å². The maximum atomic E-state index is 3.89. The Hall–Kier alpha value is -6.76. The fourth-order valence-corrected chi connectivity index (χ4v) is 8.20. The summed E-state index contributed by atoms with van der Waals surface area (Å²) in [5, 5.41) is 5.21. The van der Waals surface area contributed by atoms with E-state index in [1.807, 2.05) is 19.1 Å². The highest BCUT2D eigenvalue weighted by Gasteiger charge is 2.21. The van der Waals surface area contributed by atoms with Crippen molar-refractivity contribution in [3.8, 4) is 66.8 Å². The molecule has 9 aromatic carbocycles. The Morgan fingerprint density at radius 3 is 1.52 bits per heavy atom. The van der Waals surface area contributed by atoms with E-state index in [0.717, 1.165) is 5.57 Å². The van der Waals surface area contributed by atoms with E-state index in [0.29, 0.717) is 0 Å². The van der Waals surface area contributed by atoms with Crippen molar-refractivity contribution >= 4 is 27.1 Å². The number of allylic oxidation sites excluding steroid dienone is 1. The van der Waals surface area contributed by atoms with Gasteiger partial charge in [0.05, 0.1) is 0 Å². The minimum atomic E-state index is 1.14. The van der Waals surface area contributed by atoms with E-state index in [1.54, 1.807) is 0 Å². The molecular formula is C54H40. The molecule has 9 aromatic rings. The second-order valence-electron chi connectivity index (χ2n) is 14.3. The summed E-state index contributed by atoms with van der Waals surface area (Å²) in [6, 6.07) is 70.5. The predicted octanol–water partition coefficient (Wildman–Crippen LogP) is 15.3. The molecule has 0 amide bonds. The molecule has 0 unspecified atom stereocenters. The van der Waals surface area contributed by atoms with Crippen molar-refractivity contribution in [3.63, 3.8) is 0 Å². The third kappa shape index (κ3) is 6.02. The lowest BCUT2D eigenvalue weighted by Gasteiger charge is -2.14. The zero-order chi connectivity index (χ0) is 36.6. The van der Waals surface area contributed by atoms with Gasteiger partial charge in [0.25, 0.3) is 0 Å². The van der Waals surface area contributed by atoms with Crippen LogP contribution in [0.5, 0.6) is 0 Å². The average Bonchev–Trinajstić information content (AvgIpc) is 3.55. The van der Waals surface area contributed by atoms with Crippen LogP contribution in [0.4, 0.5) is 0 Å². The van der Waals surface area contributed by atoms with Crippen LogP contribution in [0.3, 0.4) is 0 Å². The van der Waals surface area contributed by atoms with Crippen molar-refractivity contribution in [2.75, 3.05) is 0 Å². The first-order chi connectivity index (χ1) is 26.5. The van der Waals surface area contributed by atoms with Crippen molar-refractivity contribution in [3.05, 3.63) is 212 Å². The van der Waals surface area contributed by atoms with Gasteiger partial charge in [-0.15, -0.1) is 0 Å². The molecule has 1 aliphatic carbocycles. The van der Waals surface area contributed by atoms with Crippen molar-refractivity contribution < 1.29 is 0 Å². The van der Waals surface area contributed by atoms with Gasteiger partial charge in [-0.25, -0.2) is 0 Å². The number of rotatable bonds is 5. The topological polar surface area (TPSA) is 0 Å². The zero-order valence-corrected chi connectivity index (χ0v) is 30.7. The highest BCUT2D eigenvalue weighted by Crippen LogP contribution is 2.48. The van der Waals surface area contributed by atoms with Crippen LogP contribution in [0.15, 0.2) is 201 Å². The van der Waals surface area contributed by atoms with Gasteiger partial charge >= 0.3 is 0 Å². The van der Waals surface area contributed by atoms with Crippen LogP contribution < -0.4 is 0 Å². The second kappa shape index (κ2) is 14.0. The molecule has 10 rings (SSSR count). The molecule has 0 nitrogen and oxygen atoms in total. The summed E-state index contributed by atoms with van der Waals surface area (Å²) in [5.41, 5.74) is 19.0. The minimum absolute atomic E-state index is 1.14. The molecule has 0 saturated carbocycles. The fraction of sp³-hybridized carbons (Fsp3) is 0.0370. The number of hydrogen-bond donors (Lipinski definition) is 0. The molecule has 0 bridgehead atoms. The summed E-state index contributed by atoms with van der Waals surface area (Å²) in [5.74, 6) is 0. The first-order valence-corrected chi connectivity index (χ1v) is 18.7. The summed E-state index contributed by atoms with van der Waals surface area (Å²) in [7, 11) is 0. The molecule has 0 saturated heterocycles. The first kappa shape index (κ1) is 33.1. The molecule has 0 aliphatic heterocycles. The van der Waals surface area contributed by atoms with Gasteiger partial charge in [0, 0.05) is 0 Å². The molecule has 0 fully saturated rings. The summed E-state index contributed by atoms with van der Waals surface area (Å²) in [6.45, 7) is 8.02. The highest BCUT2D eigenvalue weighted by molar-refractivity contribution is 6.16. The molecular weight excluding hydrogens is 649 g/mol. The molecule has 0 N–H and O–H groups in total. The van der Waals surface area contributed by atoms with Gasteiger partial charge in [-0.1, -0.05) is 182 Å². The number of aryl methyl sites for hydroxylation is 1. The lowest BCUT2D eigenvalue weighted by atomic mass is 9.90. The second-order valence-corrected chi connectivity index (χ2v) is 14.3. The lowest BCUT2D eigenvalue weighted by molar-refractivity contribution is 1.41. The van der Waals surface area contributed by atoms with Crippen LogP contribution >= 0.6 is 0 Å². The molecule has 0 heteroatoms. The van der Waals surface area contributed by atoms with E-state index in [1.165, 1.54) is 99.4 Å². The van der Waals surface area contributed by atoms with Crippen LogP contribution in [0.2, 0.25) is 0 Å². The van der Waals surface area contributed by atoms with Crippen LogP contribution in [0.25, 0.3) is 93.9 Å². The van der Waals surface area contributed by atoms with E-state index in [9.17, 15) is 0 Å². The Bertz CT molecular complexity index is 2850. The molecule has 0 spiro atoms. The number of benzene rings is 9. The van der Waals surface area contributed by atoms with Gasteiger partial charge in [0.2, 0.25) is 0 Å². The van der Waals surface area contributed by atoms with Gasteiger partial charge in [-0.3, -0.25) is 0 Å². The predicted molar refractivity (Wildman–Crippen MR) is 234 cm³/mol. The SMILES string of the molecule is C=C(C)c1ccccc1C.c1ccc(-c2ccc(-c3cccc(-c4cccc(-c5cc6c7c(cccc7c5)-c5ccccc5-6)c4)c3)c3ccccc23)cc1. The molecule has 1 aliphatic rings. The molecule has 0 radical (unpaired) electrons. The van der Waals surface area contributed by atoms with Gasteiger partial charge in [0.1, 0.15) is 0 Å². The Morgan fingerprint density at radius 1 is 0.352 bits per heavy atom. The largest absolute Gasteiger partial charge is 0.0955 e. The Balaban J connectivity index is 0.000000336. The van der Waals surface area contributed by atoms with Crippen molar-refractivity contribution in [2.45, 2.75) is 13.8 Å². The van der Waals surface area contributed by atoms with E-state index in [-0.39, 0.29) is 0 Å². The van der Waals surface area contributed by atoms with E-state index in [4.69, 9.17) is 0 Å². The van der Waals surface area contributed by atoms with Crippen molar-refractivity contribution in [1.82, 2.24) is 0 Å². The number of hydrogen-bond acceptors (Lipinski definition) is 0. The van der Waals surface area contributed by atoms with Gasteiger partial charge in [0.15, 0.2) is 0 Å². The minimum Gasteiger partial charge on any atom is -0.0955 e. The average molecular weight is 689 g/mol. The van der Waals surface area contributed by atoms with E-state index < -0.39 is 0 Å². The van der Waals surface area contributed by atoms with Crippen LogP contribution in [-0.2, 0) is 0 Å². The molecule has 256 valence electrons. The molecule has 0 heterocycles. The summed E-state index contributed by atoms with van der Waals surface area (Å²) in [6.07, 6.45) is 0. The maximum absolute atomic E-state index is 3.89. The number of fused-ring (bicyclic) bond motifs is 4. The molecule has 0 aromatic heterocycles. The normalized spacial score (nSPS) is 11.2. The summed E-state index contributed by atoms with van der Waals surface area (Å²) in [4.78, 5) is 0. The smallest absolute Gasteiger partial charge is 0.00259 e. The maximum Gasteiger partial charge on any atom is -0.00259 e. The monoisotopic (exact) mass is 688 g/mol. The van der Waals surface area contributed by atoms with E-state index >= 15 is 0 Å². The third-order valence-corrected chi connectivity index (χ3v) is 10.8. The fourth-order valence-electron chi connectivity index (χ4n) is 8.20. The molecule has 54 heavy (non-hydrogen) atoms. The summed E-state index contributed by atoms with van der Waals surface area (Å²) < 4.78 is 0. The highest BCUT2D eigenvalue weighted by atomic mass is 14.2. The van der Waals surface area contributed by atoms with Crippen LogP contribution in [0.1, 0.15) is 18.1 Å². The van der Waals surface area contributed by atoms with Crippen molar-refractivity contribution in [1.29, 1.82) is 0 Å². The zero-order valence-electron chi connectivity index (χ0n) is 30.7. The van der Waals surface area contributed by atoms with Gasteiger partial charge < -0.3 is 0 Å². The van der Waals surface area contributed by atoms with Gasteiger partial charge in [-0.05, 0) is 138 Å². The van der Waals surface area contributed by atoms with E-state index in [2.05, 4.69) is 195 Å². The lowest BCUT2D eigenvalue weighted by Crippen LogP contribution is -1.87. The standard InChI is InChI=1S/C44H28.C10H12/c1-2-11-29(12-3-1)36-23-24-37(39-19-5-4-18-38(36)39)33-16-9-14-31(26-33)30-13-8-15-32(25-30)35-27-34-17-10-22-42-40-20-6-7-21-41(40)43(28-35)44(34)42;1-8(2)10-7-5-4-6-9(10)3/h1-28H;4-7H,1H2,2-3H3.